The van der Waals surface area contributed by atoms with Crippen LogP contribution in [0.1, 0.15) is 25.7 Å². The van der Waals surface area contributed by atoms with Gasteiger partial charge in [-0.15, -0.1) is 0 Å². The van der Waals surface area contributed by atoms with Crippen LogP contribution in [0.2, 0.25) is 0 Å². The van der Waals surface area contributed by atoms with Gasteiger partial charge in [-0.3, -0.25) is 4.98 Å². The SMILES string of the molecule is Nc1cncc(Br)c1N1CCCC1CCCO. The molecule has 0 saturated carbocycles. The Kier molecular flexibility index (Phi) is 4.23. The molecule has 0 bridgehead atoms. The highest BCUT2D eigenvalue weighted by Crippen LogP contribution is 2.37. The van der Waals surface area contributed by atoms with Gasteiger partial charge in [-0.25, -0.2) is 0 Å². The van der Waals surface area contributed by atoms with Crippen molar-refractivity contribution in [2.24, 2.45) is 0 Å². The van der Waals surface area contributed by atoms with Crippen molar-refractivity contribution in [3.63, 3.8) is 0 Å². The Morgan fingerprint density at radius 3 is 3.06 bits per heavy atom. The van der Waals surface area contributed by atoms with Crippen LogP contribution in [0.3, 0.4) is 0 Å². The average molecular weight is 300 g/mol. The summed E-state index contributed by atoms with van der Waals surface area (Å²) < 4.78 is 0.952. The van der Waals surface area contributed by atoms with Crippen LogP contribution in [0.5, 0.6) is 0 Å². The number of rotatable bonds is 4. The molecule has 1 atom stereocenters. The summed E-state index contributed by atoms with van der Waals surface area (Å²) in [6.07, 6.45) is 7.71. The van der Waals surface area contributed by atoms with Gasteiger partial charge in [0.05, 0.1) is 22.0 Å². The Bertz CT molecular complexity index is 366. The molecule has 5 heteroatoms. The van der Waals surface area contributed by atoms with E-state index in [1.807, 2.05) is 0 Å². The zero-order valence-electron chi connectivity index (χ0n) is 9.77. The van der Waals surface area contributed by atoms with Crippen molar-refractivity contribution in [1.82, 2.24) is 4.98 Å². The topological polar surface area (TPSA) is 62.4 Å². The number of aromatic nitrogens is 1. The summed E-state index contributed by atoms with van der Waals surface area (Å²) in [7, 11) is 0. The lowest BCUT2D eigenvalue weighted by atomic mass is 10.1. The highest BCUT2D eigenvalue weighted by Gasteiger charge is 2.27. The third kappa shape index (κ3) is 2.72. The third-order valence-corrected chi connectivity index (χ3v) is 3.84. The molecule has 1 aromatic rings. The van der Waals surface area contributed by atoms with Gasteiger partial charge < -0.3 is 15.7 Å². The molecule has 2 rings (SSSR count). The summed E-state index contributed by atoms with van der Waals surface area (Å²) in [5, 5.41) is 8.93. The number of hydrogen-bond acceptors (Lipinski definition) is 4. The number of hydrogen-bond donors (Lipinski definition) is 2. The fraction of sp³-hybridized carbons (Fsp3) is 0.583. The van der Waals surface area contributed by atoms with Crippen LogP contribution in [0.15, 0.2) is 16.9 Å². The minimum absolute atomic E-state index is 0.261. The zero-order valence-corrected chi connectivity index (χ0v) is 11.4. The van der Waals surface area contributed by atoms with Gasteiger partial charge in [0.15, 0.2) is 0 Å². The second-order valence-corrected chi connectivity index (χ2v) is 5.27. The largest absolute Gasteiger partial charge is 0.396 e. The van der Waals surface area contributed by atoms with E-state index >= 15 is 0 Å². The molecule has 1 aromatic heterocycles. The second-order valence-electron chi connectivity index (χ2n) is 4.41. The standard InChI is InChI=1S/C12H18BrN3O/c13-10-7-15-8-11(14)12(10)16-5-1-3-9(16)4-2-6-17/h7-9,17H,1-6,14H2. The molecule has 3 N–H and O–H groups in total. The normalized spacial score (nSPS) is 19.9. The predicted molar refractivity (Wildman–Crippen MR) is 73.0 cm³/mol. The molecule has 0 radical (unpaired) electrons. The molecule has 1 aliphatic rings. The molecule has 0 aromatic carbocycles. The molecule has 4 nitrogen and oxygen atoms in total. The number of halogens is 1. The van der Waals surface area contributed by atoms with Crippen LogP contribution >= 0.6 is 15.9 Å². The Hall–Kier alpha value is -0.810. The number of pyridine rings is 1. The van der Waals surface area contributed by atoms with E-state index < -0.39 is 0 Å². The first-order chi connectivity index (χ1) is 8.24. The summed E-state index contributed by atoms with van der Waals surface area (Å²) >= 11 is 3.52. The minimum atomic E-state index is 0.261. The van der Waals surface area contributed by atoms with E-state index in [1.165, 1.54) is 12.8 Å². The lowest BCUT2D eigenvalue weighted by Crippen LogP contribution is -2.30. The molecule has 1 saturated heterocycles. The summed E-state index contributed by atoms with van der Waals surface area (Å²) in [5.41, 5.74) is 7.78. The van der Waals surface area contributed by atoms with E-state index in [9.17, 15) is 0 Å². The first kappa shape index (κ1) is 12.6. The smallest absolute Gasteiger partial charge is 0.0778 e. The molecule has 1 unspecified atom stereocenters. The second kappa shape index (κ2) is 5.69. The highest BCUT2D eigenvalue weighted by atomic mass is 79.9. The number of aliphatic hydroxyl groups is 1. The number of aliphatic hydroxyl groups excluding tert-OH is 1. The van der Waals surface area contributed by atoms with Gasteiger partial charge >= 0.3 is 0 Å². The van der Waals surface area contributed by atoms with Crippen molar-refractivity contribution in [2.75, 3.05) is 23.8 Å². The van der Waals surface area contributed by atoms with Crippen molar-refractivity contribution in [3.05, 3.63) is 16.9 Å². The van der Waals surface area contributed by atoms with Gasteiger partial charge in [0, 0.05) is 25.4 Å². The number of nitrogens with zero attached hydrogens (tertiary/aromatic N) is 2. The van der Waals surface area contributed by atoms with E-state index in [4.69, 9.17) is 10.8 Å². The zero-order chi connectivity index (χ0) is 12.3. The van der Waals surface area contributed by atoms with Crippen LogP contribution < -0.4 is 10.6 Å². The monoisotopic (exact) mass is 299 g/mol. The van der Waals surface area contributed by atoms with Gasteiger partial charge in [-0.05, 0) is 41.6 Å². The van der Waals surface area contributed by atoms with Crippen molar-refractivity contribution >= 4 is 27.3 Å². The summed E-state index contributed by atoms with van der Waals surface area (Å²) in [5.74, 6) is 0. The maximum Gasteiger partial charge on any atom is 0.0778 e. The molecule has 17 heavy (non-hydrogen) atoms. The highest BCUT2D eigenvalue weighted by molar-refractivity contribution is 9.10. The van der Waals surface area contributed by atoms with Crippen LogP contribution in [-0.4, -0.2) is 29.3 Å². The van der Waals surface area contributed by atoms with Crippen LogP contribution in [-0.2, 0) is 0 Å². The quantitative estimate of drug-likeness (QED) is 0.894. The molecule has 1 aliphatic heterocycles. The van der Waals surface area contributed by atoms with E-state index in [0.717, 1.165) is 35.2 Å². The molecule has 0 spiro atoms. The Balaban J connectivity index is 2.20. The van der Waals surface area contributed by atoms with Crippen LogP contribution in [0.25, 0.3) is 0 Å². The van der Waals surface area contributed by atoms with E-state index in [0.29, 0.717) is 6.04 Å². The number of nitrogens with two attached hydrogens (primary N) is 1. The third-order valence-electron chi connectivity index (χ3n) is 3.26. The van der Waals surface area contributed by atoms with Gasteiger partial charge in [-0.2, -0.15) is 0 Å². The average Bonchev–Trinajstić information content (AvgIpc) is 2.74. The number of nitrogen functional groups attached to an aromatic ring is 1. The molecular formula is C12H18BrN3O. The maximum absolute atomic E-state index is 8.93. The van der Waals surface area contributed by atoms with Gasteiger partial charge in [0.25, 0.3) is 0 Å². The minimum Gasteiger partial charge on any atom is -0.396 e. The molecular weight excluding hydrogens is 282 g/mol. The van der Waals surface area contributed by atoms with E-state index in [2.05, 4.69) is 25.8 Å². The summed E-state index contributed by atoms with van der Waals surface area (Å²) in [6.45, 7) is 1.29. The Morgan fingerprint density at radius 1 is 1.53 bits per heavy atom. The van der Waals surface area contributed by atoms with Gasteiger partial charge in [-0.1, -0.05) is 0 Å². The van der Waals surface area contributed by atoms with E-state index in [1.54, 1.807) is 12.4 Å². The van der Waals surface area contributed by atoms with Crippen molar-refractivity contribution in [1.29, 1.82) is 0 Å². The van der Waals surface area contributed by atoms with E-state index in [-0.39, 0.29) is 6.61 Å². The first-order valence-corrected chi connectivity index (χ1v) is 6.80. The molecule has 0 aliphatic carbocycles. The van der Waals surface area contributed by atoms with Crippen molar-refractivity contribution in [2.45, 2.75) is 31.7 Å². The summed E-state index contributed by atoms with van der Waals surface area (Å²) in [6, 6.07) is 0.489. The van der Waals surface area contributed by atoms with Crippen LogP contribution in [0.4, 0.5) is 11.4 Å². The fourth-order valence-corrected chi connectivity index (χ4v) is 3.08. The molecule has 94 valence electrons. The lowest BCUT2D eigenvalue weighted by molar-refractivity contribution is 0.279. The van der Waals surface area contributed by atoms with Crippen LogP contribution in [0, 0.1) is 0 Å². The first-order valence-electron chi connectivity index (χ1n) is 6.00. The Morgan fingerprint density at radius 2 is 2.35 bits per heavy atom. The Labute approximate surface area is 110 Å². The van der Waals surface area contributed by atoms with Gasteiger partial charge in [0.2, 0.25) is 0 Å². The molecule has 1 fully saturated rings. The lowest BCUT2D eigenvalue weighted by Gasteiger charge is -2.28. The molecule has 0 amide bonds. The fourth-order valence-electron chi connectivity index (χ4n) is 2.50. The summed E-state index contributed by atoms with van der Waals surface area (Å²) in [4.78, 5) is 6.41. The number of anilines is 2. The maximum atomic E-state index is 8.93. The van der Waals surface area contributed by atoms with Crippen molar-refractivity contribution in [3.8, 4) is 0 Å². The predicted octanol–water partition coefficient (Wildman–Crippen LogP) is 2.17. The van der Waals surface area contributed by atoms with Crippen molar-refractivity contribution < 1.29 is 5.11 Å². The molecule has 2 heterocycles. The van der Waals surface area contributed by atoms with Gasteiger partial charge in [0.1, 0.15) is 0 Å².